The predicted octanol–water partition coefficient (Wildman–Crippen LogP) is 0.847. The summed E-state index contributed by atoms with van der Waals surface area (Å²) < 4.78 is 10.0. The highest BCUT2D eigenvalue weighted by Crippen LogP contribution is 2.05. The molecule has 120 valence electrons. The number of carbonyl (C=O) groups excluding carboxylic acids is 3. The second kappa shape index (κ2) is 10.0. The molecule has 0 rings (SSSR count). The van der Waals surface area contributed by atoms with Crippen molar-refractivity contribution in [3.8, 4) is 0 Å². The standard InChI is InChI=1S/C14H24N2O5/c1-9(2)21-14(19)12(6-5-11(17)8-15)16-13(18)7-10(3)20-4/h8-10,12,15H,5-7H2,1-4H3,(H,16,18)/t10-,12-/m0/s1. The topological polar surface area (TPSA) is 106 Å². The summed E-state index contributed by atoms with van der Waals surface area (Å²) in [5.41, 5.74) is 0. The summed E-state index contributed by atoms with van der Waals surface area (Å²) in [6.45, 7) is 5.14. The molecule has 0 aliphatic rings. The van der Waals surface area contributed by atoms with Gasteiger partial charge in [-0.15, -0.1) is 0 Å². The summed E-state index contributed by atoms with van der Waals surface area (Å²) >= 11 is 0. The van der Waals surface area contributed by atoms with Crippen LogP contribution >= 0.6 is 0 Å². The average molecular weight is 300 g/mol. The fourth-order valence-corrected chi connectivity index (χ4v) is 1.52. The number of hydrogen-bond acceptors (Lipinski definition) is 6. The highest BCUT2D eigenvalue weighted by Gasteiger charge is 2.24. The lowest BCUT2D eigenvalue weighted by atomic mass is 10.1. The summed E-state index contributed by atoms with van der Waals surface area (Å²) in [5, 5.41) is 9.38. The van der Waals surface area contributed by atoms with Gasteiger partial charge < -0.3 is 20.2 Å². The van der Waals surface area contributed by atoms with Gasteiger partial charge in [0.05, 0.1) is 24.8 Å². The summed E-state index contributed by atoms with van der Waals surface area (Å²) in [5.74, 6) is -1.34. The summed E-state index contributed by atoms with van der Waals surface area (Å²) in [4.78, 5) is 34.9. The van der Waals surface area contributed by atoms with E-state index in [0.29, 0.717) is 6.21 Å². The van der Waals surface area contributed by atoms with Crippen molar-refractivity contribution >= 4 is 23.9 Å². The van der Waals surface area contributed by atoms with Crippen LogP contribution in [-0.4, -0.2) is 49.2 Å². The lowest BCUT2D eigenvalue weighted by Crippen LogP contribution is -2.43. The number of ketones is 1. The Morgan fingerprint density at radius 1 is 1.24 bits per heavy atom. The summed E-state index contributed by atoms with van der Waals surface area (Å²) in [6.07, 6.45) is 0.331. The quantitative estimate of drug-likeness (QED) is 0.459. The Morgan fingerprint density at radius 2 is 1.86 bits per heavy atom. The molecule has 2 atom stereocenters. The number of carbonyl (C=O) groups is 3. The molecular formula is C14H24N2O5. The minimum atomic E-state index is -0.896. The average Bonchev–Trinajstić information content (AvgIpc) is 2.41. The smallest absolute Gasteiger partial charge is 0.328 e. The lowest BCUT2D eigenvalue weighted by Gasteiger charge is -2.19. The van der Waals surface area contributed by atoms with E-state index in [4.69, 9.17) is 14.9 Å². The lowest BCUT2D eigenvalue weighted by molar-refractivity contribution is -0.152. The largest absolute Gasteiger partial charge is 0.461 e. The van der Waals surface area contributed by atoms with E-state index in [0.717, 1.165) is 0 Å². The van der Waals surface area contributed by atoms with Crippen LogP contribution in [-0.2, 0) is 23.9 Å². The van der Waals surface area contributed by atoms with Crippen molar-refractivity contribution in [3.05, 3.63) is 0 Å². The molecule has 21 heavy (non-hydrogen) atoms. The maximum absolute atomic E-state index is 11.9. The van der Waals surface area contributed by atoms with Crippen LogP contribution in [0.5, 0.6) is 0 Å². The van der Waals surface area contributed by atoms with Crippen molar-refractivity contribution in [2.75, 3.05) is 7.11 Å². The molecule has 0 aromatic carbocycles. The van der Waals surface area contributed by atoms with Gasteiger partial charge >= 0.3 is 5.97 Å². The zero-order valence-corrected chi connectivity index (χ0v) is 13.0. The van der Waals surface area contributed by atoms with Crippen molar-refractivity contribution in [2.45, 2.75) is 58.3 Å². The van der Waals surface area contributed by atoms with Crippen molar-refractivity contribution in [1.29, 1.82) is 5.41 Å². The van der Waals surface area contributed by atoms with E-state index in [1.54, 1.807) is 20.8 Å². The molecule has 0 aromatic heterocycles. The summed E-state index contributed by atoms with van der Waals surface area (Å²) in [7, 11) is 1.49. The number of ether oxygens (including phenoxy) is 2. The normalized spacial score (nSPS) is 13.4. The number of methoxy groups -OCH3 is 1. The Bertz CT molecular complexity index is 382. The van der Waals surface area contributed by atoms with Crippen LogP contribution in [0.1, 0.15) is 40.0 Å². The van der Waals surface area contributed by atoms with Crippen LogP contribution in [0.15, 0.2) is 0 Å². The molecule has 2 N–H and O–H groups in total. The van der Waals surface area contributed by atoms with E-state index in [2.05, 4.69) is 5.32 Å². The number of hydrogen-bond donors (Lipinski definition) is 2. The van der Waals surface area contributed by atoms with Crippen LogP contribution in [0, 0.1) is 5.41 Å². The molecule has 0 saturated carbocycles. The number of amides is 1. The molecule has 0 aliphatic carbocycles. The molecule has 0 unspecified atom stereocenters. The van der Waals surface area contributed by atoms with E-state index in [9.17, 15) is 14.4 Å². The zero-order chi connectivity index (χ0) is 16.4. The van der Waals surface area contributed by atoms with Crippen molar-refractivity contribution in [3.63, 3.8) is 0 Å². The SMILES string of the molecule is CO[C@@H](C)CC(=O)N[C@@H](CCC(=O)C=N)C(=O)OC(C)C. The third-order valence-electron chi connectivity index (χ3n) is 2.69. The molecule has 0 heterocycles. The minimum absolute atomic E-state index is 0.00146. The molecule has 0 radical (unpaired) electrons. The molecule has 7 heteroatoms. The molecule has 1 amide bonds. The molecule has 7 nitrogen and oxygen atoms in total. The van der Waals surface area contributed by atoms with Gasteiger partial charge in [-0.25, -0.2) is 4.79 Å². The maximum Gasteiger partial charge on any atom is 0.328 e. The van der Waals surface area contributed by atoms with Crippen LogP contribution in [0.3, 0.4) is 0 Å². The van der Waals surface area contributed by atoms with Crippen LogP contribution in [0.25, 0.3) is 0 Å². The highest BCUT2D eigenvalue weighted by molar-refractivity contribution is 6.26. The predicted molar refractivity (Wildman–Crippen MR) is 77.3 cm³/mol. The van der Waals surface area contributed by atoms with Gasteiger partial charge in [0.25, 0.3) is 0 Å². The van der Waals surface area contributed by atoms with E-state index in [-0.39, 0.29) is 37.4 Å². The van der Waals surface area contributed by atoms with Crippen molar-refractivity contribution in [1.82, 2.24) is 5.32 Å². The Kier molecular flexibility index (Phi) is 9.20. The van der Waals surface area contributed by atoms with Crippen LogP contribution in [0.2, 0.25) is 0 Å². The van der Waals surface area contributed by atoms with E-state index >= 15 is 0 Å². The van der Waals surface area contributed by atoms with Gasteiger partial charge in [0.1, 0.15) is 6.04 Å². The Hall–Kier alpha value is -1.76. The van der Waals surface area contributed by atoms with Crippen molar-refractivity contribution in [2.24, 2.45) is 0 Å². The third kappa shape index (κ3) is 8.91. The van der Waals surface area contributed by atoms with Gasteiger partial charge in [-0.05, 0) is 27.2 Å². The zero-order valence-electron chi connectivity index (χ0n) is 13.0. The molecule has 0 saturated heterocycles. The molecule has 0 aromatic rings. The Labute approximate surface area is 124 Å². The Balaban J connectivity index is 4.63. The fourth-order valence-electron chi connectivity index (χ4n) is 1.52. The first-order chi connectivity index (χ1) is 9.79. The molecule has 0 fully saturated rings. The van der Waals surface area contributed by atoms with Gasteiger partial charge in [0, 0.05) is 13.5 Å². The third-order valence-corrected chi connectivity index (χ3v) is 2.69. The first kappa shape index (κ1) is 19.2. The second-order valence-corrected chi connectivity index (χ2v) is 5.01. The summed E-state index contributed by atoms with van der Waals surface area (Å²) in [6, 6.07) is -0.896. The van der Waals surface area contributed by atoms with Crippen LogP contribution < -0.4 is 5.32 Å². The van der Waals surface area contributed by atoms with Gasteiger partial charge in [-0.2, -0.15) is 0 Å². The van der Waals surface area contributed by atoms with E-state index in [1.807, 2.05) is 0 Å². The Morgan fingerprint density at radius 3 is 2.33 bits per heavy atom. The van der Waals surface area contributed by atoms with Gasteiger partial charge in [-0.3, -0.25) is 9.59 Å². The minimum Gasteiger partial charge on any atom is -0.461 e. The van der Waals surface area contributed by atoms with Crippen LogP contribution in [0.4, 0.5) is 0 Å². The fraction of sp³-hybridized carbons (Fsp3) is 0.714. The molecular weight excluding hydrogens is 276 g/mol. The highest BCUT2D eigenvalue weighted by atomic mass is 16.5. The van der Waals surface area contributed by atoms with Gasteiger partial charge in [-0.1, -0.05) is 0 Å². The first-order valence-electron chi connectivity index (χ1n) is 6.86. The number of nitrogens with one attached hydrogen (secondary N) is 2. The molecule has 0 spiro atoms. The van der Waals surface area contributed by atoms with Crippen molar-refractivity contribution < 1.29 is 23.9 Å². The second-order valence-electron chi connectivity index (χ2n) is 5.01. The number of rotatable bonds is 10. The van der Waals surface area contributed by atoms with Gasteiger partial charge in [0.2, 0.25) is 5.91 Å². The molecule has 0 aliphatic heterocycles. The molecule has 0 bridgehead atoms. The van der Waals surface area contributed by atoms with E-state index < -0.39 is 17.8 Å². The first-order valence-corrected chi connectivity index (χ1v) is 6.86. The number of Topliss-reactive ketones (excluding diaryl/α,β-unsaturated/α-hetero) is 1. The maximum atomic E-state index is 11.9. The number of esters is 1. The van der Waals surface area contributed by atoms with Gasteiger partial charge in [0.15, 0.2) is 5.78 Å². The monoisotopic (exact) mass is 300 g/mol. The van der Waals surface area contributed by atoms with E-state index in [1.165, 1.54) is 7.11 Å².